The zero-order valence-corrected chi connectivity index (χ0v) is 15.3. The van der Waals surface area contributed by atoms with Crippen LogP contribution < -0.4 is 5.56 Å². The van der Waals surface area contributed by atoms with Crippen molar-refractivity contribution in [2.75, 3.05) is 6.54 Å². The van der Waals surface area contributed by atoms with E-state index in [1.807, 2.05) is 32.9 Å². The Bertz CT molecular complexity index is 862. The van der Waals surface area contributed by atoms with Crippen molar-refractivity contribution >= 4 is 5.91 Å². The number of aryl methyl sites for hydroxylation is 1. The second-order valence-electron chi connectivity index (χ2n) is 7.77. The molecule has 2 heterocycles. The zero-order chi connectivity index (χ0) is 18.2. The molecule has 0 saturated carbocycles. The highest BCUT2D eigenvalue weighted by molar-refractivity contribution is 5.81. The number of rotatable bonds is 2. The van der Waals surface area contributed by atoms with Gasteiger partial charge in [0.1, 0.15) is 5.82 Å². The second kappa shape index (κ2) is 6.47. The van der Waals surface area contributed by atoms with Gasteiger partial charge in [-0.25, -0.2) is 4.98 Å². The van der Waals surface area contributed by atoms with Crippen molar-refractivity contribution in [2.45, 2.75) is 47.1 Å². The number of amides is 1. The molecule has 3 rings (SSSR count). The maximum Gasteiger partial charge on any atom is 0.256 e. The molecule has 0 fully saturated rings. The number of benzene rings is 1. The third kappa shape index (κ3) is 3.65. The normalized spacial score (nSPS) is 14.3. The summed E-state index contributed by atoms with van der Waals surface area (Å²) in [7, 11) is 0. The average Bonchev–Trinajstić information content (AvgIpc) is 2.55. The van der Waals surface area contributed by atoms with E-state index in [2.05, 4.69) is 29.0 Å². The predicted molar refractivity (Wildman–Crippen MR) is 97.4 cm³/mol. The first-order valence-electron chi connectivity index (χ1n) is 8.70. The molecule has 132 valence electrons. The number of aromatic amines is 1. The van der Waals surface area contributed by atoms with E-state index in [1.54, 1.807) is 4.90 Å². The molecule has 0 unspecified atom stereocenters. The Morgan fingerprint density at radius 1 is 1.28 bits per heavy atom. The van der Waals surface area contributed by atoms with Crippen LogP contribution in [0.2, 0.25) is 0 Å². The molecule has 1 amide bonds. The fourth-order valence-electron chi connectivity index (χ4n) is 3.20. The van der Waals surface area contributed by atoms with Crippen LogP contribution in [0.3, 0.4) is 0 Å². The van der Waals surface area contributed by atoms with Gasteiger partial charge in [-0.2, -0.15) is 0 Å². The number of hydrogen-bond acceptors (Lipinski definition) is 3. The highest BCUT2D eigenvalue weighted by atomic mass is 16.2. The summed E-state index contributed by atoms with van der Waals surface area (Å²) in [5.74, 6) is 0.759. The van der Waals surface area contributed by atoms with Gasteiger partial charge in [0.15, 0.2) is 0 Å². The van der Waals surface area contributed by atoms with Gasteiger partial charge < -0.3 is 9.88 Å². The third-order valence-electron chi connectivity index (χ3n) is 4.67. The number of H-pyrrole nitrogens is 1. The summed E-state index contributed by atoms with van der Waals surface area (Å²) in [6.45, 7) is 8.72. The van der Waals surface area contributed by atoms with Gasteiger partial charge in [-0.1, -0.05) is 45.0 Å². The average molecular weight is 339 g/mol. The van der Waals surface area contributed by atoms with Gasteiger partial charge >= 0.3 is 0 Å². The van der Waals surface area contributed by atoms with Gasteiger partial charge in [0.05, 0.1) is 17.8 Å². The molecular formula is C20H25N3O2. The fourth-order valence-corrected chi connectivity index (χ4v) is 3.20. The van der Waals surface area contributed by atoms with Crippen molar-refractivity contribution in [1.82, 2.24) is 14.9 Å². The summed E-state index contributed by atoms with van der Waals surface area (Å²) in [4.78, 5) is 34.4. The van der Waals surface area contributed by atoms with Gasteiger partial charge in [-0.05, 0) is 18.1 Å². The van der Waals surface area contributed by atoms with Crippen molar-refractivity contribution in [3.63, 3.8) is 0 Å². The highest BCUT2D eigenvalue weighted by Gasteiger charge is 2.31. The standard InChI is InChI=1S/C20H25N3O2/c1-13-7-5-6-8-14(13)11-17-21-16-9-10-23(19(25)20(2,3)4)12-15(16)18(24)22-17/h5-8H,9-12H2,1-4H3,(H,21,22,24). The molecular weight excluding hydrogens is 314 g/mol. The molecule has 25 heavy (non-hydrogen) atoms. The molecule has 1 N–H and O–H groups in total. The molecule has 0 bridgehead atoms. The van der Waals surface area contributed by atoms with Crippen LogP contribution in [-0.4, -0.2) is 27.3 Å². The fraction of sp³-hybridized carbons (Fsp3) is 0.450. The molecule has 0 saturated heterocycles. The van der Waals surface area contributed by atoms with E-state index < -0.39 is 5.41 Å². The van der Waals surface area contributed by atoms with E-state index >= 15 is 0 Å². The Hall–Kier alpha value is -2.43. The number of nitrogens with one attached hydrogen (secondary N) is 1. The Kier molecular flexibility index (Phi) is 4.50. The van der Waals surface area contributed by atoms with Gasteiger partial charge in [0.2, 0.25) is 5.91 Å². The molecule has 0 aliphatic carbocycles. The maximum atomic E-state index is 12.5. The minimum Gasteiger partial charge on any atom is -0.337 e. The first-order chi connectivity index (χ1) is 11.8. The molecule has 1 aliphatic heterocycles. The maximum absolute atomic E-state index is 12.5. The molecule has 5 heteroatoms. The minimum atomic E-state index is -0.442. The van der Waals surface area contributed by atoms with Crippen LogP contribution in [0.1, 0.15) is 49.0 Å². The lowest BCUT2D eigenvalue weighted by Gasteiger charge is -2.32. The van der Waals surface area contributed by atoms with E-state index in [9.17, 15) is 9.59 Å². The summed E-state index contributed by atoms with van der Waals surface area (Å²) in [6.07, 6.45) is 1.24. The number of carbonyl (C=O) groups excluding carboxylic acids is 1. The summed E-state index contributed by atoms with van der Waals surface area (Å²) in [5, 5.41) is 0. The van der Waals surface area contributed by atoms with Crippen molar-refractivity contribution in [2.24, 2.45) is 5.41 Å². The quantitative estimate of drug-likeness (QED) is 0.914. The zero-order valence-electron chi connectivity index (χ0n) is 15.3. The number of nitrogens with zero attached hydrogens (tertiary/aromatic N) is 2. The van der Waals surface area contributed by atoms with Crippen molar-refractivity contribution < 1.29 is 4.79 Å². The Balaban J connectivity index is 1.86. The van der Waals surface area contributed by atoms with Gasteiger partial charge in [-0.3, -0.25) is 9.59 Å². The van der Waals surface area contributed by atoms with Crippen LogP contribution >= 0.6 is 0 Å². The molecule has 1 aromatic carbocycles. The van der Waals surface area contributed by atoms with Crippen LogP contribution in [0, 0.1) is 12.3 Å². The molecule has 5 nitrogen and oxygen atoms in total. The van der Waals surface area contributed by atoms with Gasteiger partial charge in [-0.15, -0.1) is 0 Å². The van der Waals surface area contributed by atoms with Gasteiger partial charge in [0.25, 0.3) is 5.56 Å². The Morgan fingerprint density at radius 3 is 2.68 bits per heavy atom. The number of hydrogen-bond donors (Lipinski definition) is 1. The number of aromatic nitrogens is 2. The van der Waals surface area contributed by atoms with Crippen molar-refractivity contribution in [3.8, 4) is 0 Å². The predicted octanol–water partition coefficient (Wildman–Crippen LogP) is 2.60. The third-order valence-corrected chi connectivity index (χ3v) is 4.67. The van der Waals surface area contributed by atoms with E-state index in [4.69, 9.17) is 0 Å². The summed E-state index contributed by atoms with van der Waals surface area (Å²) >= 11 is 0. The van der Waals surface area contributed by atoms with Crippen LogP contribution in [0.25, 0.3) is 0 Å². The number of carbonyl (C=O) groups is 1. The van der Waals surface area contributed by atoms with Gasteiger partial charge in [0, 0.05) is 24.8 Å². The van der Waals surface area contributed by atoms with Crippen LogP contribution in [0.5, 0.6) is 0 Å². The lowest BCUT2D eigenvalue weighted by atomic mass is 9.93. The smallest absolute Gasteiger partial charge is 0.256 e. The summed E-state index contributed by atoms with van der Waals surface area (Å²) < 4.78 is 0. The van der Waals surface area contributed by atoms with Crippen LogP contribution in [0.15, 0.2) is 29.1 Å². The van der Waals surface area contributed by atoms with E-state index in [-0.39, 0.29) is 11.5 Å². The lowest BCUT2D eigenvalue weighted by Crippen LogP contribution is -2.44. The Labute approximate surface area is 148 Å². The molecule has 1 aromatic heterocycles. The number of fused-ring (bicyclic) bond motifs is 1. The lowest BCUT2D eigenvalue weighted by molar-refractivity contribution is -0.140. The van der Waals surface area contributed by atoms with E-state index in [0.29, 0.717) is 37.3 Å². The summed E-state index contributed by atoms with van der Waals surface area (Å²) in [5.41, 5.74) is 3.22. The highest BCUT2D eigenvalue weighted by Crippen LogP contribution is 2.22. The molecule has 0 spiro atoms. The summed E-state index contributed by atoms with van der Waals surface area (Å²) in [6, 6.07) is 8.11. The SMILES string of the molecule is Cc1ccccc1Cc1nc2c(c(=O)[nH]1)CN(C(=O)C(C)(C)C)CC2. The van der Waals surface area contributed by atoms with Crippen molar-refractivity contribution in [3.05, 3.63) is 62.8 Å². The topological polar surface area (TPSA) is 66.1 Å². The molecule has 1 aliphatic rings. The van der Waals surface area contributed by atoms with E-state index in [1.165, 1.54) is 5.56 Å². The Morgan fingerprint density at radius 2 is 2.00 bits per heavy atom. The van der Waals surface area contributed by atoms with E-state index in [0.717, 1.165) is 11.3 Å². The first-order valence-corrected chi connectivity index (χ1v) is 8.70. The van der Waals surface area contributed by atoms with Crippen LogP contribution in [-0.2, 0) is 24.2 Å². The molecule has 2 aromatic rings. The van der Waals surface area contributed by atoms with Crippen molar-refractivity contribution in [1.29, 1.82) is 0 Å². The second-order valence-corrected chi connectivity index (χ2v) is 7.77. The first kappa shape index (κ1) is 17.4. The largest absolute Gasteiger partial charge is 0.337 e. The molecule has 0 radical (unpaired) electrons. The van der Waals surface area contributed by atoms with Crippen LogP contribution in [0.4, 0.5) is 0 Å². The monoisotopic (exact) mass is 339 g/mol. The minimum absolute atomic E-state index is 0.0709. The molecule has 0 atom stereocenters.